The Morgan fingerprint density at radius 1 is 1.40 bits per heavy atom. The zero-order valence-electron chi connectivity index (χ0n) is 13.5. The van der Waals surface area contributed by atoms with E-state index in [1.54, 1.807) is 0 Å². The molecule has 0 heterocycles. The Bertz CT molecular complexity index is 292. The maximum Gasteiger partial charge on any atom is 0.327 e. The fraction of sp³-hybridized carbons (Fsp3) is 0.938. The van der Waals surface area contributed by atoms with Crippen molar-refractivity contribution in [2.45, 2.75) is 58.9 Å². The van der Waals surface area contributed by atoms with Crippen LogP contribution in [0.4, 0.5) is 0 Å². The third kappa shape index (κ3) is 5.28. The highest BCUT2D eigenvalue weighted by Crippen LogP contribution is 2.42. The van der Waals surface area contributed by atoms with Gasteiger partial charge in [0.05, 0.1) is 6.61 Å². The second-order valence-electron chi connectivity index (χ2n) is 6.13. The normalized spacial score (nSPS) is 18.1. The van der Waals surface area contributed by atoms with Crippen LogP contribution in [0, 0.1) is 11.8 Å². The lowest BCUT2D eigenvalue weighted by Crippen LogP contribution is -2.57. The van der Waals surface area contributed by atoms with E-state index >= 15 is 0 Å². The fourth-order valence-electron chi connectivity index (χ4n) is 2.35. The molecule has 0 aromatic rings. The number of esters is 1. The summed E-state index contributed by atoms with van der Waals surface area (Å²) in [5, 5.41) is 3.52. The van der Waals surface area contributed by atoms with E-state index in [9.17, 15) is 4.79 Å². The summed E-state index contributed by atoms with van der Waals surface area (Å²) in [7, 11) is 0. The van der Waals surface area contributed by atoms with Crippen molar-refractivity contribution in [1.29, 1.82) is 0 Å². The van der Waals surface area contributed by atoms with Crippen molar-refractivity contribution in [3.05, 3.63) is 0 Å². The Kier molecular flexibility index (Phi) is 7.96. The molecule has 3 nitrogen and oxygen atoms in total. The Morgan fingerprint density at radius 2 is 2.10 bits per heavy atom. The second kappa shape index (κ2) is 8.93. The molecule has 4 heteroatoms. The molecule has 1 atom stereocenters. The van der Waals surface area contributed by atoms with Crippen LogP contribution in [0.3, 0.4) is 0 Å². The molecule has 0 amide bonds. The monoisotopic (exact) mass is 301 g/mol. The van der Waals surface area contributed by atoms with Gasteiger partial charge in [0.15, 0.2) is 0 Å². The number of rotatable bonds is 11. The molecular formula is C16H31NO2S. The van der Waals surface area contributed by atoms with Crippen LogP contribution in [0.5, 0.6) is 0 Å². The number of ether oxygens (including phenoxy) is 1. The highest BCUT2D eigenvalue weighted by Gasteiger charge is 2.51. The molecular weight excluding hydrogens is 270 g/mol. The van der Waals surface area contributed by atoms with Crippen LogP contribution >= 0.6 is 11.8 Å². The zero-order valence-corrected chi connectivity index (χ0v) is 14.4. The van der Waals surface area contributed by atoms with Gasteiger partial charge in [0.25, 0.3) is 0 Å². The third-order valence-corrected chi connectivity index (χ3v) is 4.96. The Balaban J connectivity index is 2.62. The first-order valence-electron chi connectivity index (χ1n) is 8.06. The minimum Gasteiger partial charge on any atom is -0.465 e. The maximum atomic E-state index is 12.5. The first kappa shape index (κ1) is 17.8. The molecule has 1 saturated carbocycles. The standard InChI is InChI=1S/C16H31NO2S/c1-5-10-17-16(14-7-8-14,15(18)19-6-2)12-20-11-9-13(3)4/h13-14,17H,5-12H2,1-4H3. The van der Waals surface area contributed by atoms with E-state index in [1.807, 2.05) is 18.7 Å². The molecule has 1 unspecified atom stereocenters. The molecule has 1 rings (SSSR count). The lowest BCUT2D eigenvalue weighted by Gasteiger charge is -2.32. The van der Waals surface area contributed by atoms with Crippen molar-refractivity contribution in [1.82, 2.24) is 5.32 Å². The molecule has 20 heavy (non-hydrogen) atoms. The summed E-state index contributed by atoms with van der Waals surface area (Å²) in [4.78, 5) is 12.5. The number of hydrogen-bond acceptors (Lipinski definition) is 4. The summed E-state index contributed by atoms with van der Waals surface area (Å²) in [6, 6.07) is 0. The average Bonchev–Trinajstić information content (AvgIpc) is 3.23. The minimum absolute atomic E-state index is 0.0343. The summed E-state index contributed by atoms with van der Waals surface area (Å²) in [6.45, 7) is 9.88. The smallest absolute Gasteiger partial charge is 0.327 e. The average molecular weight is 301 g/mol. The number of thioether (sulfide) groups is 1. The SMILES string of the molecule is CCCNC(CSCCC(C)C)(C(=O)OCC)C1CC1. The quantitative estimate of drug-likeness (QED) is 0.468. The van der Waals surface area contributed by atoms with E-state index in [0.717, 1.165) is 43.2 Å². The van der Waals surface area contributed by atoms with Crippen molar-refractivity contribution in [2.75, 3.05) is 24.7 Å². The lowest BCUT2D eigenvalue weighted by atomic mass is 9.95. The van der Waals surface area contributed by atoms with E-state index in [-0.39, 0.29) is 5.97 Å². The molecule has 1 aliphatic rings. The number of carbonyl (C=O) groups is 1. The third-order valence-electron chi connectivity index (χ3n) is 3.77. The molecule has 0 aromatic heterocycles. The number of nitrogens with one attached hydrogen (secondary N) is 1. The Hall–Kier alpha value is -0.220. The minimum atomic E-state index is -0.437. The van der Waals surface area contributed by atoms with E-state index in [4.69, 9.17) is 4.74 Å². The van der Waals surface area contributed by atoms with E-state index in [0.29, 0.717) is 12.5 Å². The fourth-order valence-corrected chi connectivity index (χ4v) is 3.91. The van der Waals surface area contributed by atoms with Gasteiger partial charge in [-0.3, -0.25) is 4.79 Å². The topological polar surface area (TPSA) is 38.3 Å². The summed E-state index contributed by atoms with van der Waals surface area (Å²) in [6.07, 6.45) is 4.56. The van der Waals surface area contributed by atoms with Crippen molar-refractivity contribution >= 4 is 17.7 Å². The van der Waals surface area contributed by atoms with E-state index in [1.165, 1.54) is 6.42 Å². The molecule has 0 radical (unpaired) electrons. The van der Waals surface area contributed by atoms with Gasteiger partial charge >= 0.3 is 5.97 Å². The van der Waals surface area contributed by atoms with Gasteiger partial charge in [-0.05, 0) is 56.7 Å². The molecule has 0 bridgehead atoms. The zero-order chi connectivity index (χ0) is 15.0. The largest absolute Gasteiger partial charge is 0.465 e. The Labute approximate surface area is 128 Å². The van der Waals surface area contributed by atoms with E-state index in [2.05, 4.69) is 26.1 Å². The van der Waals surface area contributed by atoms with Gasteiger partial charge in [-0.25, -0.2) is 0 Å². The molecule has 1 N–H and O–H groups in total. The predicted octanol–water partition coefficient (Wildman–Crippen LogP) is 3.48. The van der Waals surface area contributed by atoms with Gasteiger partial charge in [-0.2, -0.15) is 11.8 Å². The second-order valence-corrected chi connectivity index (χ2v) is 7.23. The molecule has 0 aromatic carbocycles. The molecule has 0 aliphatic heterocycles. The van der Waals surface area contributed by atoms with Gasteiger partial charge in [-0.15, -0.1) is 0 Å². The van der Waals surface area contributed by atoms with Gasteiger partial charge in [-0.1, -0.05) is 20.8 Å². The van der Waals surface area contributed by atoms with Crippen molar-refractivity contribution in [2.24, 2.45) is 11.8 Å². The first-order chi connectivity index (χ1) is 9.56. The maximum absolute atomic E-state index is 12.5. The highest BCUT2D eigenvalue weighted by atomic mass is 32.2. The highest BCUT2D eigenvalue weighted by molar-refractivity contribution is 7.99. The molecule has 0 saturated heterocycles. The summed E-state index contributed by atoms with van der Waals surface area (Å²) < 4.78 is 5.37. The van der Waals surface area contributed by atoms with Crippen LogP contribution < -0.4 is 5.32 Å². The molecule has 1 fully saturated rings. The number of carbonyl (C=O) groups excluding carboxylic acids is 1. The summed E-state index contributed by atoms with van der Waals surface area (Å²) in [5.41, 5.74) is -0.437. The van der Waals surface area contributed by atoms with Crippen molar-refractivity contribution < 1.29 is 9.53 Å². The van der Waals surface area contributed by atoms with Gasteiger partial charge in [0, 0.05) is 5.75 Å². The van der Waals surface area contributed by atoms with Crippen LogP contribution in [-0.4, -0.2) is 36.2 Å². The van der Waals surface area contributed by atoms with E-state index < -0.39 is 5.54 Å². The Morgan fingerprint density at radius 3 is 2.60 bits per heavy atom. The first-order valence-corrected chi connectivity index (χ1v) is 9.22. The van der Waals surface area contributed by atoms with Crippen LogP contribution in [-0.2, 0) is 9.53 Å². The van der Waals surface area contributed by atoms with Crippen molar-refractivity contribution in [3.63, 3.8) is 0 Å². The van der Waals surface area contributed by atoms with Gasteiger partial charge in [0.1, 0.15) is 5.54 Å². The van der Waals surface area contributed by atoms with Gasteiger partial charge < -0.3 is 10.1 Å². The molecule has 118 valence electrons. The van der Waals surface area contributed by atoms with Crippen LogP contribution in [0.15, 0.2) is 0 Å². The molecule has 1 aliphatic carbocycles. The van der Waals surface area contributed by atoms with Crippen molar-refractivity contribution in [3.8, 4) is 0 Å². The van der Waals surface area contributed by atoms with Gasteiger partial charge in [0.2, 0.25) is 0 Å². The van der Waals surface area contributed by atoms with Crippen LogP contribution in [0.2, 0.25) is 0 Å². The molecule has 0 spiro atoms. The number of hydrogen-bond donors (Lipinski definition) is 1. The van der Waals surface area contributed by atoms with Crippen LogP contribution in [0.1, 0.15) is 53.4 Å². The van der Waals surface area contributed by atoms with Crippen LogP contribution in [0.25, 0.3) is 0 Å². The summed E-state index contributed by atoms with van der Waals surface area (Å²) in [5.74, 6) is 3.14. The summed E-state index contributed by atoms with van der Waals surface area (Å²) >= 11 is 1.90. The predicted molar refractivity (Wildman–Crippen MR) is 87.2 cm³/mol. The lowest BCUT2D eigenvalue weighted by molar-refractivity contribution is -0.151.